The summed E-state index contributed by atoms with van der Waals surface area (Å²) in [5.41, 5.74) is 3.69. The molecular formula is C23H23N3O4S. The Balaban J connectivity index is 1.65. The fourth-order valence-corrected chi connectivity index (χ4v) is 4.74. The Bertz CT molecular complexity index is 1130. The van der Waals surface area contributed by atoms with Gasteiger partial charge in [0.25, 0.3) is 11.6 Å². The zero-order valence-electron chi connectivity index (χ0n) is 17.4. The fourth-order valence-electron chi connectivity index (χ4n) is 3.62. The lowest BCUT2D eigenvalue weighted by Gasteiger charge is -2.21. The summed E-state index contributed by atoms with van der Waals surface area (Å²) in [4.78, 5) is 30.2. The molecule has 1 aliphatic rings. The first-order valence-electron chi connectivity index (χ1n) is 10.1. The van der Waals surface area contributed by atoms with Gasteiger partial charge in [-0.2, -0.15) is 0 Å². The van der Waals surface area contributed by atoms with Crippen molar-refractivity contribution in [1.82, 2.24) is 4.98 Å². The predicted octanol–water partition coefficient (Wildman–Crippen LogP) is 5.05. The third kappa shape index (κ3) is 4.65. The van der Waals surface area contributed by atoms with Gasteiger partial charge < -0.3 is 4.74 Å². The second-order valence-corrected chi connectivity index (χ2v) is 8.62. The van der Waals surface area contributed by atoms with Gasteiger partial charge in [-0.05, 0) is 49.5 Å². The number of nitro groups is 1. The van der Waals surface area contributed by atoms with Gasteiger partial charge in [0.05, 0.1) is 27.8 Å². The van der Waals surface area contributed by atoms with Crippen molar-refractivity contribution in [2.24, 2.45) is 0 Å². The van der Waals surface area contributed by atoms with Crippen molar-refractivity contribution >= 4 is 44.4 Å². The monoisotopic (exact) mass is 437 g/mol. The Morgan fingerprint density at radius 1 is 1.32 bits per heavy atom. The molecule has 2 aromatic carbocycles. The smallest absolute Gasteiger partial charge is 0.270 e. The van der Waals surface area contributed by atoms with E-state index in [2.05, 4.69) is 6.07 Å². The first-order valence-corrected chi connectivity index (χ1v) is 11.0. The van der Waals surface area contributed by atoms with E-state index in [0.717, 1.165) is 34.2 Å². The number of amides is 1. The molecule has 1 fully saturated rings. The van der Waals surface area contributed by atoms with Crippen molar-refractivity contribution in [3.8, 4) is 0 Å². The molecule has 0 spiro atoms. The van der Waals surface area contributed by atoms with Gasteiger partial charge in [-0.1, -0.05) is 35.6 Å². The number of non-ortho nitro benzene ring substituents is 1. The minimum atomic E-state index is -0.450. The number of nitrogens with zero attached hydrogens (tertiary/aromatic N) is 3. The standard InChI is InChI=1S/C23H23N3O4S/c1-15-8-9-16(2)22-21(15)24-23(31-22)25(14-19-7-4-12-30-19)20(27)11-10-17-5-3-6-18(13-17)26(28)29/h3,5-6,8-11,13,19H,4,7,12,14H2,1-2H3/b11-10+. The third-order valence-corrected chi connectivity index (χ3v) is 6.55. The number of nitro benzene ring substituents is 1. The summed E-state index contributed by atoms with van der Waals surface area (Å²) in [6.07, 6.45) is 4.90. The second-order valence-electron chi connectivity index (χ2n) is 7.64. The van der Waals surface area contributed by atoms with Crippen LogP contribution in [-0.4, -0.2) is 35.1 Å². The Hall–Kier alpha value is -3.10. The molecule has 1 saturated heterocycles. The first kappa shape index (κ1) is 21.1. The van der Waals surface area contributed by atoms with E-state index in [4.69, 9.17) is 9.72 Å². The molecule has 4 rings (SSSR count). The molecule has 31 heavy (non-hydrogen) atoms. The lowest BCUT2D eigenvalue weighted by molar-refractivity contribution is -0.384. The van der Waals surface area contributed by atoms with Crippen LogP contribution in [0.15, 0.2) is 42.5 Å². The predicted molar refractivity (Wildman–Crippen MR) is 123 cm³/mol. The molecule has 0 bridgehead atoms. The largest absolute Gasteiger partial charge is 0.376 e. The quantitative estimate of drug-likeness (QED) is 0.306. The van der Waals surface area contributed by atoms with E-state index in [1.807, 2.05) is 19.9 Å². The molecule has 1 unspecified atom stereocenters. The van der Waals surface area contributed by atoms with Crippen LogP contribution >= 0.6 is 11.3 Å². The number of carbonyl (C=O) groups excluding carboxylic acids is 1. The molecule has 160 valence electrons. The van der Waals surface area contributed by atoms with Crippen LogP contribution in [0.4, 0.5) is 10.8 Å². The maximum Gasteiger partial charge on any atom is 0.270 e. The minimum absolute atomic E-state index is 0.0112. The van der Waals surface area contributed by atoms with Gasteiger partial charge >= 0.3 is 0 Å². The van der Waals surface area contributed by atoms with E-state index < -0.39 is 4.92 Å². The number of aryl methyl sites for hydroxylation is 2. The highest BCUT2D eigenvalue weighted by Gasteiger charge is 2.25. The van der Waals surface area contributed by atoms with Crippen LogP contribution in [0.1, 0.15) is 29.5 Å². The number of rotatable bonds is 6. The van der Waals surface area contributed by atoms with Crippen molar-refractivity contribution < 1.29 is 14.5 Å². The molecule has 0 aliphatic carbocycles. The molecule has 1 amide bonds. The van der Waals surface area contributed by atoms with Crippen LogP contribution in [0.5, 0.6) is 0 Å². The molecule has 7 nitrogen and oxygen atoms in total. The van der Waals surface area contributed by atoms with Gasteiger partial charge in [0.2, 0.25) is 0 Å². The lowest BCUT2D eigenvalue weighted by Crippen LogP contribution is -2.36. The summed E-state index contributed by atoms with van der Waals surface area (Å²) in [5.74, 6) is -0.226. The zero-order valence-corrected chi connectivity index (χ0v) is 18.2. The number of aromatic nitrogens is 1. The SMILES string of the molecule is Cc1ccc(C)c2sc(N(CC3CCCO3)C(=O)/C=C/c3cccc([N+](=O)[O-])c3)nc12. The highest BCUT2D eigenvalue weighted by atomic mass is 32.1. The van der Waals surface area contributed by atoms with Crippen molar-refractivity contribution in [2.45, 2.75) is 32.8 Å². The number of carbonyl (C=O) groups is 1. The molecule has 1 aromatic heterocycles. The van der Waals surface area contributed by atoms with Crippen LogP contribution in [0.2, 0.25) is 0 Å². The molecule has 0 N–H and O–H groups in total. The summed E-state index contributed by atoms with van der Waals surface area (Å²) in [7, 11) is 0. The molecule has 1 atom stereocenters. The van der Waals surface area contributed by atoms with Gasteiger partial charge in [-0.15, -0.1) is 0 Å². The number of thiazole rings is 1. The molecular weight excluding hydrogens is 414 g/mol. The Morgan fingerprint density at radius 3 is 2.84 bits per heavy atom. The van der Waals surface area contributed by atoms with Crippen LogP contribution in [0.3, 0.4) is 0 Å². The number of hydrogen-bond acceptors (Lipinski definition) is 6. The number of fused-ring (bicyclic) bond motifs is 1. The van der Waals surface area contributed by atoms with Gasteiger partial charge in [-0.25, -0.2) is 4.98 Å². The highest BCUT2D eigenvalue weighted by molar-refractivity contribution is 7.22. The molecule has 1 aliphatic heterocycles. The average Bonchev–Trinajstić information content (AvgIpc) is 3.43. The maximum absolute atomic E-state index is 13.2. The van der Waals surface area contributed by atoms with E-state index in [1.165, 1.54) is 29.5 Å². The summed E-state index contributed by atoms with van der Waals surface area (Å²) in [6.45, 7) is 5.18. The molecule has 8 heteroatoms. The number of hydrogen-bond donors (Lipinski definition) is 0. The Labute approximate surface area is 184 Å². The summed E-state index contributed by atoms with van der Waals surface area (Å²) < 4.78 is 6.84. The number of anilines is 1. The molecule has 0 radical (unpaired) electrons. The van der Waals surface area contributed by atoms with Gasteiger partial charge in [0.1, 0.15) is 0 Å². The zero-order chi connectivity index (χ0) is 22.0. The third-order valence-electron chi connectivity index (χ3n) is 5.34. The van der Waals surface area contributed by atoms with Crippen molar-refractivity contribution in [2.75, 3.05) is 18.1 Å². The van der Waals surface area contributed by atoms with Crippen LogP contribution < -0.4 is 4.90 Å². The molecule has 0 saturated carbocycles. The number of ether oxygens (including phenoxy) is 1. The summed E-state index contributed by atoms with van der Waals surface area (Å²) >= 11 is 1.50. The van der Waals surface area contributed by atoms with Crippen molar-refractivity contribution in [3.63, 3.8) is 0 Å². The van der Waals surface area contributed by atoms with E-state index in [1.54, 1.807) is 23.1 Å². The topological polar surface area (TPSA) is 85.6 Å². The summed E-state index contributed by atoms with van der Waals surface area (Å²) in [5, 5.41) is 11.6. The van der Waals surface area contributed by atoms with E-state index >= 15 is 0 Å². The second kappa shape index (κ2) is 8.95. The maximum atomic E-state index is 13.2. The van der Waals surface area contributed by atoms with E-state index in [9.17, 15) is 14.9 Å². The van der Waals surface area contributed by atoms with Gasteiger partial charge in [0, 0.05) is 24.8 Å². The molecule has 2 heterocycles. The van der Waals surface area contributed by atoms with Crippen LogP contribution in [0.25, 0.3) is 16.3 Å². The van der Waals surface area contributed by atoms with Gasteiger partial charge in [-0.3, -0.25) is 19.8 Å². The highest BCUT2D eigenvalue weighted by Crippen LogP contribution is 2.34. The van der Waals surface area contributed by atoms with Crippen LogP contribution in [-0.2, 0) is 9.53 Å². The first-order chi connectivity index (χ1) is 14.9. The fraction of sp³-hybridized carbons (Fsp3) is 0.304. The number of benzene rings is 2. The van der Waals surface area contributed by atoms with E-state index in [0.29, 0.717) is 23.8 Å². The van der Waals surface area contributed by atoms with Crippen molar-refractivity contribution in [3.05, 3.63) is 69.3 Å². The Kier molecular flexibility index (Phi) is 6.11. The average molecular weight is 438 g/mol. The normalized spacial score (nSPS) is 16.3. The minimum Gasteiger partial charge on any atom is -0.376 e. The summed E-state index contributed by atoms with van der Waals surface area (Å²) in [6, 6.07) is 10.3. The van der Waals surface area contributed by atoms with Crippen LogP contribution in [0, 0.1) is 24.0 Å². The Morgan fingerprint density at radius 2 is 2.13 bits per heavy atom. The lowest BCUT2D eigenvalue weighted by atomic mass is 10.1. The van der Waals surface area contributed by atoms with Crippen molar-refractivity contribution in [1.29, 1.82) is 0 Å². The molecule has 3 aromatic rings. The van der Waals surface area contributed by atoms with E-state index in [-0.39, 0.29) is 17.7 Å². The van der Waals surface area contributed by atoms with Gasteiger partial charge in [0.15, 0.2) is 5.13 Å².